The minimum Gasteiger partial charge on any atom is -0.352 e. The standard InChI is InChI=1S/C18H25F4N3O/c1-24(2)15-7-5-13(10-25(3)11-15)17(26)23-9-12-4-6-14(8-16(12)19)18(20,21)22/h4,6,8,13,15H,5,7,9-11H2,1-3H3,(H,23,26)/t13-,15+/m1/s1. The Hall–Kier alpha value is -1.67. The summed E-state index contributed by atoms with van der Waals surface area (Å²) < 4.78 is 51.6. The van der Waals surface area contributed by atoms with Crippen LogP contribution in [0.25, 0.3) is 0 Å². The second-order valence-electron chi connectivity index (χ2n) is 7.13. The Labute approximate surface area is 151 Å². The molecule has 1 aliphatic heterocycles. The van der Waals surface area contributed by atoms with Gasteiger partial charge in [-0.3, -0.25) is 4.79 Å². The lowest BCUT2D eigenvalue weighted by Gasteiger charge is -2.25. The first-order valence-electron chi connectivity index (χ1n) is 8.56. The van der Waals surface area contributed by atoms with Crippen molar-refractivity contribution in [3.63, 3.8) is 0 Å². The Bertz CT molecular complexity index is 633. The number of rotatable bonds is 4. The average Bonchev–Trinajstić information content (AvgIpc) is 2.74. The van der Waals surface area contributed by atoms with Crippen LogP contribution in [0.2, 0.25) is 0 Å². The van der Waals surface area contributed by atoms with Crippen molar-refractivity contribution >= 4 is 5.91 Å². The van der Waals surface area contributed by atoms with E-state index in [1.165, 1.54) is 0 Å². The average molecular weight is 375 g/mol. The fourth-order valence-corrected chi connectivity index (χ4v) is 3.22. The molecule has 1 N–H and O–H groups in total. The fraction of sp³-hybridized carbons (Fsp3) is 0.611. The molecule has 0 aliphatic carbocycles. The van der Waals surface area contributed by atoms with Crippen molar-refractivity contribution in [3.05, 3.63) is 35.1 Å². The van der Waals surface area contributed by atoms with Gasteiger partial charge in [0.2, 0.25) is 5.91 Å². The third-order valence-electron chi connectivity index (χ3n) is 4.84. The van der Waals surface area contributed by atoms with Gasteiger partial charge in [0.05, 0.1) is 11.5 Å². The van der Waals surface area contributed by atoms with Crippen LogP contribution in [0.4, 0.5) is 17.6 Å². The number of benzene rings is 1. The number of hydrogen-bond donors (Lipinski definition) is 1. The molecular weight excluding hydrogens is 350 g/mol. The summed E-state index contributed by atoms with van der Waals surface area (Å²) in [5.41, 5.74) is -0.996. The van der Waals surface area contributed by atoms with Crippen LogP contribution in [0.15, 0.2) is 18.2 Å². The molecule has 0 spiro atoms. The smallest absolute Gasteiger partial charge is 0.352 e. The topological polar surface area (TPSA) is 35.6 Å². The molecule has 4 nitrogen and oxygen atoms in total. The van der Waals surface area contributed by atoms with E-state index in [2.05, 4.69) is 15.1 Å². The lowest BCUT2D eigenvalue weighted by molar-refractivity contribution is -0.137. The largest absolute Gasteiger partial charge is 0.416 e. The van der Waals surface area contributed by atoms with Gasteiger partial charge < -0.3 is 15.1 Å². The summed E-state index contributed by atoms with van der Waals surface area (Å²) in [6.07, 6.45) is -2.99. The van der Waals surface area contributed by atoms with E-state index in [0.29, 0.717) is 25.1 Å². The van der Waals surface area contributed by atoms with Crippen LogP contribution in [0, 0.1) is 11.7 Å². The number of hydrogen-bond acceptors (Lipinski definition) is 3. The van der Waals surface area contributed by atoms with Gasteiger partial charge in [-0.2, -0.15) is 13.2 Å². The Kier molecular flexibility index (Phi) is 6.63. The first-order valence-corrected chi connectivity index (χ1v) is 8.56. The molecule has 0 aromatic heterocycles. The molecule has 1 saturated heterocycles. The van der Waals surface area contributed by atoms with E-state index in [9.17, 15) is 22.4 Å². The summed E-state index contributed by atoms with van der Waals surface area (Å²) in [5, 5.41) is 2.66. The van der Waals surface area contributed by atoms with Crippen LogP contribution in [0.5, 0.6) is 0 Å². The van der Waals surface area contributed by atoms with Crippen molar-refractivity contribution in [3.8, 4) is 0 Å². The highest BCUT2D eigenvalue weighted by Crippen LogP contribution is 2.30. The van der Waals surface area contributed by atoms with Gasteiger partial charge in [-0.15, -0.1) is 0 Å². The van der Waals surface area contributed by atoms with Crippen molar-refractivity contribution in [2.45, 2.75) is 31.6 Å². The molecule has 1 aliphatic rings. The first-order chi connectivity index (χ1) is 12.1. The molecule has 2 atom stereocenters. The highest BCUT2D eigenvalue weighted by molar-refractivity contribution is 5.78. The maximum absolute atomic E-state index is 13.9. The van der Waals surface area contributed by atoms with Gasteiger partial charge in [-0.25, -0.2) is 4.39 Å². The minimum atomic E-state index is -4.59. The van der Waals surface area contributed by atoms with Crippen LogP contribution in [0.3, 0.4) is 0 Å². The van der Waals surface area contributed by atoms with E-state index in [1.54, 1.807) is 0 Å². The van der Waals surface area contributed by atoms with Crippen LogP contribution >= 0.6 is 0 Å². The van der Waals surface area contributed by atoms with Gasteiger partial charge in [0, 0.05) is 31.2 Å². The molecule has 0 unspecified atom stereocenters. The zero-order valence-electron chi connectivity index (χ0n) is 15.2. The maximum atomic E-state index is 13.9. The van der Waals surface area contributed by atoms with Crippen LogP contribution in [0.1, 0.15) is 24.0 Å². The molecule has 1 aromatic rings. The molecule has 26 heavy (non-hydrogen) atoms. The molecule has 0 bridgehead atoms. The van der Waals surface area contributed by atoms with E-state index < -0.39 is 17.6 Å². The van der Waals surface area contributed by atoms with Crippen LogP contribution < -0.4 is 5.32 Å². The predicted octanol–water partition coefficient (Wildman–Crippen LogP) is 2.73. The maximum Gasteiger partial charge on any atom is 0.416 e. The molecule has 0 radical (unpaired) electrons. The number of likely N-dealkylation sites (N-methyl/N-ethyl adjacent to an activating group) is 2. The third-order valence-corrected chi connectivity index (χ3v) is 4.84. The Morgan fingerprint density at radius 2 is 1.96 bits per heavy atom. The Morgan fingerprint density at radius 1 is 1.27 bits per heavy atom. The van der Waals surface area contributed by atoms with Crippen molar-refractivity contribution in [1.82, 2.24) is 15.1 Å². The highest BCUT2D eigenvalue weighted by Gasteiger charge is 2.31. The molecule has 2 rings (SSSR count). The van der Waals surface area contributed by atoms with Gasteiger partial charge in [0.15, 0.2) is 0 Å². The lowest BCUT2D eigenvalue weighted by atomic mass is 10.0. The number of carbonyl (C=O) groups excluding carboxylic acids is 1. The molecule has 1 heterocycles. The number of nitrogens with zero attached hydrogens (tertiary/aromatic N) is 2. The van der Waals surface area contributed by atoms with Crippen LogP contribution in [-0.2, 0) is 17.5 Å². The van der Waals surface area contributed by atoms with Crippen molar-refractivity contribution < 1.29 is 22.4 Å². The normalized spacial score (nSPS) is 22.3. The number of halogens is 4. The lowest BCUT2D eigenvalue weighted by Crippen LogP contribution is -2.39. The molecule has 8 heteroatoms. The molecule has 1 aromatic carbocycles. The van der Waals surface area contributed by atoms with Crippen molar-refractivity contribution in [1.29, 1.82) is 0 Å². The summed E-state index contributed by atoms with van der Waals surface area (Å²) in [4.78, 5) is 16.7. The summed E-state index contributed by atoms with van der Waals surface area (Å²) in [5.74, 6) is -1.39. The summed E-state index contributed by atoms with van der Waals surface area (Å²) in [6, 6.07) is 2.72. The number of alkyl halides is 3. The van der Waals surface area contributed by atoms with Gasteiger partial charge in [-0.1, -0.05) is 6.07 Å². The highest BCUT2D eigenvalue weighted by atomic mass is 19.4. The fourth-order valence-electron chi connectivity index (χ4n) is 3.22. The Balaban J connectivity index is 1.96. The van der Waals surface area contributed by atoms with E-state index in [0.717, 1.165) is 25.1 Å². The minimum absolute atomic E-state index is 0.0412. The molecular formula is C18H25F4N3O. The zero-order valence-corrected chi connectivity index (χ0v) is 15.2. The second kappa shape index (κ2) is 8.35. The molecule has 1 fully saturated rings. The van der Waals surface area contributed by atoms with Crippen LogP contribution in [-0.4, -0.2) is 56.0 Å². The van der Waals surface area contributed by atoms with E-state index in [1.807, 2.05) is 21.1 Å². The van der Waals surface area contributed by atoms with E-state index in [4.69, 9.17) is 0 Å². The summed E-state index contributed by atoms with van der Waals surface area (Å²) in [7, 11) is 5.97. The molecule has 0 saturated carbocycles. The van der Waals surface area contributed by atoms with Crippen molar-refractivity contribution in [2.24, 2.45) is 5.92 Å². The van der Waals surface area contributed by atoms with Gasteiger partial charge in [-0.05, 0) is 46.1 Å². The number of nitrogens with one attached hydrogen (secondary N) is 1. The molecule has 1 amide bonds. The second-order valence-corrected chi connectivity index (χ2v) is 7.13. The zero-order chi connectivity index (χ0) is 19.5. The summed E-state index contributed by atoms with van der Waals surface area (Å²) in [6.45, 7) is 1.34. The first kappa shape index (κ1) is 20.6. The number of amides is 1. The number of carbonyl (C=O) groups is 1. The third kappa shape index (κ3) is 5.41. The van der Waals surface area contributed by atoms with Gasteiger partial charge in [0.1, 0.15) is 5.82 Å². The predicted molar refractivity (Wildman–Crippen MR) is 90.9 cm³/mol. The molecule has 146 valence electrons. The number of likely N-dealkylation sites (tertiary alicyclic amines) is 1. The monoisotopic (exact) mass is 375 g/mol. The van der Waals surface area contributed by atoms with Gasteiger partial charge in [0.25, 0.3) is 0 Å². The Morgan fingerprint density at radius 3 is 2.54 bits per heavy atom. The van der Waals surface area contributed by atoms with Crippen molar-refractivity contribution in [2.75, 3.05) is 34.2 Å². The quantitative estimate of drug-likeness (QED) is 0.822. The summed E-state index contributed by atoms with van der Waals surface area (Å²) >= 11 is 0. The van der Waals surface area contributed by atoms with E-state index in [-0.39, 0.29) is 23.9 Å². The van der Waals surface area contributed by atoms with E-state index >= 15 is 0 Å². The van der Waals surface area contributed by atoms with Gasteiger partial charge >= 0.3 is 6.18 Å². The SMILES string of the molecule is CN1C[C@H](C(=O)NCc2ccc(C(F)(F)F)cc2F)CC[C@H](N(C)C)C1.